The Hall–Kier alpha value is -0.680. The second-order valence-electron chi connectivity index (χ2n) is 5.00. The normalized spacial score (nSPS) is 17.2. The third kappa shape index (κ3) is 5.46. The second kappa shape index (κ2) is 6.91. The Morgan fingerprint density at radius 3 is 2.35 bits per heavy atom. The maximum atomic E-state index is 11.9. The molecule has 100 valence electrons. The van der Waals surface area contributed by atoms with E-state index in [2.05, 4.69) is 11.3 Å². The van der Waals surface area contributed by atoms with Gasteiger partial charge in [-0.15, -0.1) is 6.58 Å². The number of hydrogen-bond donors (Lipinski definition) is 2. The molecule has 17 heavy (non-hydrogen) atoms. The number of rotatable bonds is 7. The van der Waals surface area contributed by atoms with Crippen LogP contribution in [0.15, 0.2) is 12.7 Å². The molecule has 0 fully saturated rings. The first kappa shape index (κ1) is 16.3. The third-order valence-electron chi connectivity index (χ3n) is 2.41. The number of carbonyl (C=O) groups is 1. The average Bonchev–Trinajstić information content (AvgIpc) is 2.20. The molecule has 0 aliphatic heterocycles. The highest BCUT2D eigenvalue weighted by Crippen LogP contribution is 2.16. The monoisotopic (exact) mass is 261 g/mol. The predicted octanol–water partition coefficient (Wildman–Crippen LogP) is 2.09. The molecule has 0 saturated carbocycles. The van der Waals surface area contributed by atoms with Gasteiger partial charge in [-0.05, 0) is 27.2 Å². The molecule has 0 heterocycles. The Balaban J connectivity index is 4.81. The SMILES string of the molecule is C=C[C@H](CCC)[C@@H](NS(=O)C(C)(C)C)C(=O)O. The van der Waals surface area contributed by atoms with Crippen LogP contribution in [0.2, 0.25) is 0 Å². The van der Waals surface area contributed by atoms with E-state index >= 15 is 0 Å². The lowest BCUT2D eigenvalue weighted by atomic mass is 9.96. The average molecular weight is 261 g/mol. The highest BCUT2D eigenvalue weighted by atomic mass is 32.2. The first-order chi connectivity index (χ1) is 7.73. The van der Waals surface area contributed by atoms with Crippen molar-refractivity contribution in [3.05, 3.63) is 12.7 Å². The van der Waals surface area contributed by atoms with Gasteiger partial charge in [-0.3, -0.25) is 4.79 Å². The highest BCUT2D eigenvalue weighted by Gasteiger charge is 2.30. The van der Waals surface area contributed by atoms with Gasteiger partial charge in [-0.2, -0.15) is 0 Å². The van der Waals surface area contributed by atoms with Gasteiger partial charge in [0.15, 0.2) is 0 Å². The van der Waals surface area contributed by atoms with Crippen molar-refractivity contribution < 1.29 is 14.1 Å². The molecule has 0 spiro atoms. The molecule has 0 bridgehead atoms. The molecule has 1 unspecified atom stereocenters. The molecule has 4 nitrogen and oxygen atoms in total. The van der Waals surface area contributed by atoms with Crippen molar-refractivity contribution in [1.29, 1.82) is 0 Å². The van der Waals surface area contributed by atoms with E-state index in [1.54, 1.807) is 26.8 Å². The lowest BCUT2D eigenvalue weighted by Crippen LogP contribution is -2.47. The fourth-order valence-electron chi connectivity index (χ4n) is 1.37. The number of aliphatic carboxylic acids is 1. The quantitative estimate of drug-likeness (QED) is 0.690. The van der Waals surface area contributed by atoms with Gasteiger partial charge in [0, 0.05) is 5.92 Å². The van der Waals surface area contributed by atoms with Crippen molar-refractivity contribution in [2.24, 2.45) is 5.92 Å². The van der Waals surface area contributed by atoms with Crippen molar-refractivity contribution in [1.82, 2.24) is 4.72 Å². The smallest absolute Gasteiger partial charge is 0.322 e. The molecule has 3 atom stereocenters. The van der Waals surface area contributed by atoms with Gasteiger partial charge >= 0.3 is 5.97 Å². The first-order valence-corrected chi connectivity index (χ1v) is 6.92. The second-order valence-corrected chi connectivity index (χ2v) is 7.00. The Bertz CT molecular complexity index is 297. The minimum absolute atomic E-state index is 0.205. The molecule has 2 N–H and O–H groups in total. The molecule has 0 aromatic carbocycles. The standard InChI is InChI=1S/C12H23NO3S/c1-6-8-9(7-2)10(11(14)15)13-17(16)12(3,4)5/h7,9-10,13H,2,6,8H2,1,3-5H3,(H,14,15)/t9-,10-,17?/m1/s1. The summed E-state index contributed by atoms with van der Waals surface area (Å²) in [5, 5.41) is 9.17. The minimum Gasteiger partial charge on any atom is -0.480 e. The Labute approximate surface area is 106 Å². The largest absolute Gasteiger partial charge is 0.480 e. The summed E-state index contributed by atoms with van der Waals surface area (Å²) < 4.78 is 14.1. The molecule has 0 aliphatic rings. The fourth-order valence-corrected chi connectivity index (χ4v) is 2.23. The molecule has 5 heteroatoms. The molecule has 0 aliphatic carbocycles. The van der Waals surface area contributed by atoms with Crippen molar-refractivity contribution in [3.63, 3.8) is 0 Å². The van der Waals surface area contributed by atoms with E-state index in [9.17, 15) is 14.1 Å². The number of nitrogens with one attached hydrogen (secondary N) is 1. The third-order valence-corrected chi connectivity index (χ3v) is 3.99. The first-order valence-electron chi connectivity index (χ1n) is 5.77. The summed E-state index contributed by atoms with van der Waals surface area (Å²) in [6, 6.07) is -0.840. The van der Waals surface area contributed by atoms with Crippen molar-refractivity contribution in [3.8, 4) is 0 Å². The molecule has 0 aromatic rings. The van der Waals surface area contributed by atoms with Crippen LogP contribution in [0.25, 0.3) is 0 Å². The Morgan fingerprint density at radius 1 is 1.53 bits per heavy atom. The minimum atomic E-state index is -1.39. The van der Waals surface area contributed by atoms with Crippen LogP contribution in [0.3, 0.4) is 0 Å². The van der Waals surface area contributed by atoms with Crippen LogP contribution in [0.1, 0.15) is 40.5 Å². The maximum absolute atomic E-state index is 11.9. The van der Waals surface area contributed by atoms with E-state index in [1.165, 1.54) is 0 Å². The zero-order valence-electron chi connectivity index (χ0n) is 11.0. The summed E-state index contributed by atoms with van der Waals surface area (Å²) in [6.45, 7) is 11.0. The van der Waals surface area contributed by atoms with Crippen molar-refractivity contribution in [2.45, 2.75) is 51.3 Å². The van der Waals surface area contributed by atoms with Crippen LogP contribution in [-0.4, -0.2) is 26.1 Å². The maximum Gasteiger partial charge on any atom is 0.322 e. The van der Waals surface area contributed by atoms with Crippen molar-refractivity contribution >= 4 is 17.0 Å². The van der Waals surface area contributed by atoms with E-state index in [-0.39, 0.29) is 5.92 Å². The molecular formula is C12H23NO3S. The highest BCUT2D eigenvalue weighted by molar-refractivity contribution is 7.84. The van der Waals surface area contributed by atoms with E-state index in [0.29, 0.717) is 0 Å². The molecular weight excluding hydrogens is 238 g/mol. The topological polar surface area (TPSA) is 66.4 Å². The fraction of sp³-hybridized carbons (Fsp3) is 0.750. The lowest BCUT2D eigenvalue weighted by molar-refractivity contribution is -0.139. The summed E-state index contributed by atoms with van der Waals surface area (Å²) in [7, 11) is -1.39. The van der Waals surface area contributed by atoms with Crippen LogP contribution >= 0.6 is 0 Å². The number of carboxylic acids is 1. The van der Waals surface area contributed by atoms with E-state index in [4.69, 9.17) is 0 Å². The zero-order valence-corrected chi connectivity index (χ0v) is 11.8. The van der Waals surface area contributed by atoms with Crippen LogP contribution in [0.5, 0.6) is 0 Å². The van der Waals surface area contributed by atoms with Crippen LogP contribution in [0.4, 0.5) is 0 Å². The molecule has 0 rings (SSSR count). The van der Waals surface area contributed by atoms with Gasteiger partial charge in [-0.25, -0.2) is 8.93 Å². The zero-order chi connectivity index (χ0) is 13.6. The molecule has 0 aromatic heterocycles. The van der Waals surface area contributed by atoms with Crippen LogP contribution in [-0.2, 0) is 15.8 Å². The van der Waals surface area contributed by atoms with E-state index in [1.807, 2.05) is 6.92 Å². The molecule has 0 amide bonds. The Morgan fingerprint density at radius 2 is 2.06 bits per heavy atom. The predicted molar refractivity (Wildman–Crippen MR) is 71.0 cm³/mol. The van der Waals surface area contributed by atoms with Gasteiger partial charge < -0.3 is 5.11 Å². The van der Waals surface area contributed by atoms with Gasteiger partial charge in [0.1, 0.15) is 6.04 Å². The molecule has 0 radical (unpaired) electrons. The van der Waals surface area contributed by atoms with Gasteiger partial charge in [-0.1, -0.05) is 19.4 Å². The summed E-state index contributed by atoms with van der Waals surface area (Å²) >= 11 is 0. The number of hydrogen-bond acceptors (Lipinski definition) is 2. The lowest BCUT2D eigenvalue weighted by Gasteiger charge is -2.25. The van der Waals surface area contributed by atoms with Gasteiger partial charge in [0.2, 0.25) is 0 Å². The van der Waals surface area contributed by atoms with Gasteiger partial charge in [0.05, 0.1) is 15.7 Å². The van der Waals surface area contributed by atoms with Crippen LogP contribution < -0.4 is 4.72 Å². The summed E-state index contributed by atoms with van der Waals surface area (Å²) in [5.41, 5.74) is 0. The van der Waals surface area contributed by atoms with E-state index in [0.717, 1.165) is 12.8 Å². The summed E-state index contributed by atoms with van der Waals surface area (Å²) in [5.74, 6) is -1.19. The van der Waals surface area contributed by atoms with Gasteiger partial charge in [0.25, 0.3) is 0 Å². The Kier molecular flexibility index (Phi) is 6.64. The van der Waals surface area contributed by atoms with Crippen LogP contribution in [0, 0.1) is 5.92 Å². The van der Waals surface area contributed by atoms with Crippen molar-refractivity contribution in [2.75, 3.05) is 0 Å². The molecule has 0 saturated heterocycles. The number of carboxylic acid groups (broad SMARTS) is 1. The van der Waals surface area contributed by atoms with E-state index < -0.39 is 27.7 Å². The summed E-state index contributed by atoms with van der Waals surface area (Å²) in [4.78, 5) is 11.2. The summed E-state index contributed by atoms with van der Waals surface area (Å²) in [6.07, 6.45) is 3.20.